The summed E-state index contributed by atoms with van der Waals surface area (Å²) in [7, 11) is 0. The van der Waals surface area contributed by atoms with E-state index in [9.17, 15) is 0 Å². The molecule has 0 aliphatic rings. The van der Waals surface area contributed by atoms with Crippen molar-refractivity contribution in [3.05, 3.63) is 28.2 Å². The van der Waals surface area contributed by atoms with Crippen molar-refractivity contribution in [2.75, 3.05) is 25.1 Å². The van der Waals surface area contributed by atoms with Crippen LogP contribution in [0.3, 0.4) is 0 Å². The molecule has 3 nitrogen and oxygen atoms in total. The lowest BCUT2D eigenvalue weighted by Crippen LogP contribution is -2.06. The molecule has 0 aromatic heterocycles. The van der Waals surface area contributed by atoms with Gasteiger partial charge in [0.1, 0.15) is 0 Å². The van der Waals surface area contributed by atoms with Crippen LogP contribution in [0.25, 0.3) is 0 Å². The number of benzene rings is 1. The molecule has 1 N–H and O–H groups in total. The molecule has 0 unspecified atom stereocenters. The number of nitrogens with one attached hydrogen (secondary N) is 1. The van der Waals surface area contributed by atoms with Crippen molar-refractivity contribution in [1.29, 1.82) is 5.26 Å². The first kappa shape index (κ1) is 13.0. The van der Waals surface area contributed by atoms with Crippen molar-refractivity contribution in [2.24, 2.45) is 0 Å². The molecule has 0 amide bonds. The van der Waals surface area contributed by atoms with Gasteiger partial charge in [-0.3, -0.25) is 0 Å². The highest BCUT2D eigenvalue weighted by atomic mass is 79.9. The largest absolute Gasteiger partial charge is 0.384 e. The Bertz CT molecular complexity index is 374. The fraction of sp³-hybridized carbons (Fsp3) is 0.417. The Morgan fingerprint density at radius 2 is 2.31 bits per heavy atom. The fourth-order valence-electron chi connectivity index (χ4n) is 1.27. The Kier molecular flexibility index (Phi) is 5.91. The van der Waals surface area contributed by atoms with Gasteiger partial charge in [-0.1, -0.05) is 0 Å². The summed E-state index contributed by atoms with van der Waals surface area (Å²) in [6.07, 6.45) is 0.973. The summed E-state index contributed by atoms with van der Waals surface area (Å²) in [5.41, 5.74) is 1.67. The molecule has 0 fully saturated rings. The molecule has 16 heavy (non-hydrogen) atoms. The van der Waals surface area contributed by atoms with Crippen molar-refractivity contribution in [2.45, 2.75) is 13.3 Å². The Labute approximate surface area is 105 Å². The maximum Gasteiger partial charge on any atom is 0.0992 e. The van der Waals surface area contributed by atoms with E-state index in [-0.39, 0.29) is 0 Å². The van der Waals surface area contributed by atoms with E-state index in [1.807, 2.05) is 19.1 Å². The van der Waals surface area contributed by atoms with Crippen molar-refractivity contribution in [1.82, 2.24) is 0 Å². The molecule has 4 heteroatoms. The van der Waals surface area contributed by atoms with Gasteiger partial charge >= 0.3 is 0 Å². The minimum Gasteiger partial charge on any atom is -0.384 e. The molecule has 86 valence electrons. The van der Waals surface area contributed by atoms with Crippen LogP contribution in [0.4, 0.5) is 5.69 Å². The van der Waals surface area contributed by atoms with Gasteiger partial charge in [-0.25, -0.2) is 0 Å². The minimum absolute atomic E-state index is 0.659. The van der Waals surface area contributed by atoms with Crippen LogP contribution >= 0.6 is 15.9 Å². The molecule has 0 aliphatic heterocycles. The van der Waals surface area contributed by atoms with E-state index in [2.05, 4.69) is 27.3 Å². The smallest absolute Gasteiger partial charge is 0.0992 e. The van der Waals surface area contributed by atoms with E-state index in [4.69, 9.17) is 10.00 Å². The number of ether oxygens (including phenoxy) is 1. The average Bonchev–Trinajstić information content (AvgIpc) is 2.30. The lowest BCUT2D eigenvalue weighted by Gasteiger charge is -2.08. The highest BCUT2D eigenvalue weighted by Gasteiger charge is 2.00. The lowest BCUT2D eigenvalue weighted by molar-refractivity contribution is 0.147. The zero-order chi connectivity index (χ0) is 11.8. The summed E-state index contributed by atoms with van der Waals surface area (Å²) < 4.78 is 6.16. The van der Waals surface area contributed by atoms with Crippen LogP contribution in [-0.4, -0.2) is 19.8 Å². The molecule has 1 aromatic carbocycles. The monoisotopic (exact) mass is 282 g/mol. The van der Waals surface area contributed by atoms with Gasteiger partial charge < -0.3 is 10.1 Å². The predicted molar refractivity (Wildman–Crippen MR) is 68.5 cm³/mol. The second kappa shape index (κ2) is 7.26. The summed E-state index contributed by atoms with van der Waals surface area (Å²) in [4.78, 5) is 0. The van der Waals surface area contributed by atoms with E-state index in [0.717, 1.165) is 36.3 Å². The second-order valence-corrected chi connectivity index (χ2v) is 4.14. The third-order valence-electron chi connectivity index (χ3n) is 2.08. The van der Waals surface area contributed by atoms with Crippen molar-refractivity contribution < 1.29 is 4.74 Å². The highest BCUT2D eigenvalue weighted by Crippen LogP contribution is 2.23. The van der Waals surface area contributed by atoms with Gasteiger partial charge in [0.25, 0.3) is 0 Å². The maximum atomic E-state index is 8.72. The summed E-state index contributed by atoms with van der Waals surface area (Å²) >= 11 is 3.43. The molecule has 0 atom stereocenters. The fourth-order valence-corrected chi connectivity index (χ4v) is 1.79. The topological polar surface area (TPSA) is 45.0 Å². The quantitative estimate of drug-likeness (QED) is 0.816. The Morgan fingerprint density at radius 1 is 1.50 bits per heavy atom. The summed E-state index contributed by atoms with van der Waals surface area (Å²) in [6, 6.07) is 7.62. The van der Waals surface area contributed by atoms with Crippen molar-refractivity contribution >= 4 is 21.6 Å². The molecule has 0 saturated carbocycles. The van der Waals surface area contributed by atoms with Crippen LogP contribution in [0.5, 0.6) is 0 Å². The second-order valence-electron chi connectivity index (χ2n) is 3.28. The zero-order valence-electron chi connectivity index (χ0n) is 9.29. The summed E-state index contributed by atoms with van der Waals surface area (Å²) in [5.74, 6) is 0. The zero-order valence-corrected chi connectivity index (χ0v) is 10.9. The standard InChI is InChI=1S/C12H15BrN2O/c1-2-16-7-3-6-15-12-5-4-10(9-14)8-11(12)13/h4-5,8,15H,2-3,6-7H2,1H3. The van der Waals surface area contributed by atoms with Crippen LogP contribution in [0.15, 0.2) is 22.7 Å². The van der Waals surface area contributed by atoms with Crippen LogP contribution in [0.2, 0.25) is 0 Å². The molecule has 0 bridgehead atoms. The van der Waals surface area contributed by atoms with Crippen LogP contribution in [-0.2, 0) is 4.74 Å². The van der Waals surface area contributed by atoms with Crippen molar-refractivity contribution in [3.63, 3.8) is 0 Å². The molecule has 0 spiro atoms. The van der Waals surface area contributed by atoms with E-state index < -0.39 is 0 Å². The van der Waals surface area contributed by atoms with Crippen LogP contribution < -0.4 is 5.32 Å². The Hall–Kier alpha value is -1.05. The molecule has 1 aromatic rings. The maximum absolute atomic E-state index is 8.72. The van der Waals surface area contributed by atoms with Crippen LogP contribution in [0.1, 0.15) is 18.9 Å². The highest BCUT2D eigenvalue weighted by molar-refractivity contribution is 9.10. The molecule has 0 aliphatic carbocycles. The normalized spacial score (nSPS) is 9.81. The Morgan fingerprint density at radius 3 is 2.94 bits per heavy atom. The first-order valence-electron chi connectivity index (χ1n) is 5.29. The number of nitriles is 1. The van der Waals surface area contributed by atoms with E-state index in [1.165, 1.54) is 0 Å². The summed E-state index contributed by atoms with van der Waals surface area (Å²) in [6.45, 7) is 4.40. The number of halogens is 1. The van der Waals surface area contributed by atoms with E-state index in [1.54, 1.807) is 6.07 Å². The van der Waals surface area contributed by atoms with Crippen LogP contribution in [0, 0.1) is 11.3 Å². The molecule has 1 rings (SSSR count). The average molecular weight is 283 g/mol. The van der Waals surface area contributed by atoms with Gasteiger partial charge in [-0.05, 0) is 47.5 Å². The first-order chi connectivity index (χ1) is 7.77. The first-order valence-corrected chi connectivity index (χ1v) is 6.08. The molecular weight excluding hydrogens is 268 g/mol. The van der Waals surface area contributed by atoms with Gasteiger partial charge in [-0.2, -0.15) is 5.26 Å². The SMILES string of the molecule is CCOCCCNc1ccc(C#N)cc1Br. The van der Waals surface area contributed by atoms with Gasteiger partial charge in [0.2, 0.25) is 0 Å². The third kappa shape index (κ3) is 4.21. The lowest BCUT2D eigenvalue weighted by atomic mass is 10.2. The number of hydrogen-bond donors (Lipinski definition) is 1. The molecule has 0 heterocycles. The molecular formula is C12H15BrN2O. The number of hydrogen-bond acceptors (Lipinski definition) is 3. The number of anilines is 1. The summed E-state index contributed by atoms with van der Waals surface area (Å²) in [5, 5.41) is 12.0. The van der Waals surface area contributed by atoms with Crippen molar-refractivity contribution in [3.8, 4) is 6.07 Å². The minimum atomic E-state index is 0.659. The Balaban J connectivity index is 2.40. The predicted octanol–water partition coefficient (Wildman–Crippen LogP) is 3.16. The molecule has 0 saturated heterocycles. The third-order valence-corrected chi connectivity index (χ3v) is 2.74. The van der Waals surface area contributed by atoms with E-state index in [0.29, 0.717) is 5.56 Å². The molecule has 0 radical (unpaired) electrons. The number of rotatable bonds is 6. The van der Waals surface area contributed by atoms with E-state index >= 15 is 0 Å². The number of nitrogens with zero attached hydrogens (tertiary/aromatic N) is 1. The van der Waals surface area contributed by atoms with Gasteiger partial charge in [0.15, 0.2) is 0 Å². The van der Waals surface area contributed by atoms with Gasteiger partial charge in [0.05, 0.1) is 11.6 Å². The van der Waals surface area contributed by atoms with Gasteiger partial charge in [0, 0.05) is 29.9 Å². The van der Waals surface area contributed by atoms with Gasteiger partial charge in [-0.15, -0.1) is 0 Å².